The van der Waals surface area contributed by atoms with Gasteiger partial charge in [-0.2, -0.15) is 0 Å². The maximum atomic E-state index is 12.7. The topological polar surface area (TPSA) is 75.2 Å². The van der Waals surface area contributed by atoms with Crippen LogP contribution in [0.1, 0.15) is 33.7 Å². The number of aromatic nitrogens is 2. The summed E-state index contributed by atoms with van der Waals surface area (Å²) >= 11 is 0. The van der Waals surface area contributed by atoms with Crippen LogP contribution in [-0.4, -0.2) is 34.4 Å². The van der Waals surface area contributed by atoms with Crippen molar-refractivity contribution in [2.24, 2.45) is 0 Å². The molecule has 0 saturated carbocycles. The third-order valence-electron chi connectivity index (χ3n) is 5.11. The minimum absolute atomic E-state index is 0.0198. The van der Waals surface area contributed by atoms with Gasteiger partial charge in [0.2, 0.25) is 5.91 Å². The van der Waals surface area contributed by atoms with Crippen LogP contribution in [0.2, 0.25) is 0 Å². The molecule has 1 atom stereocenters. The first-order valence-electron chi connectivity index (χ1n) is 9.33. The van der Waals surface area contributed by atoms with Crippen molar-refractivity contribution in [2.45, 2.75) is 33.2 Å². The fraction of sp³-hybridized carbons (Fsp3) is 0.273. The SMILES string of the molecule is Cc1cccc(N2CC(NC(=O)c3ccc4nc(C)c(C)nc4c3)CC2=O)c1. The van der Waals surface area contributed by atoms with E-state index in [0.29, 0.717) is 24.0 Å². The van der Waals surface area contributed by atoms with Crippen LogP contribution in [0.4, 0.5) is 5.69 Å². The second-order valence-corrected chi connectivity index (χ2v) is 7.32. The van der Waals surface area contributed by atoms with Crippen LogP contribution in [0, 0.1) is 20.8 Å². The number of fused-ring (bicyclic) bond motifs is 1. The smallest absolute Gasteiger partial charge is 0.251 e. The molecule has 142 valence electrons. The van der Waals surface area contributed by atoms with Crippen LogP contribution in [0.25, 0.3) is 11.0 Å². The molecule has 0 bridgehead atoms. The number of hydrogen-bond acceptors (Lipinski definition) is 4. The molecule has 1 aliphatic rings. The number of nitrogens with zero attached hydrogens (tertiary/aromatic N) is 3. The largest absolute Gasteiger partial charge is 0.347 e. The molecule has 1 unspecified atom stereocenters. The van der Waals surface area contributed by atoms with Gasteiger partial charge < -0.3 is 10.2 Å². The van der Waals surface area contributed by atoms with Gasteiger partial charge in [0.1, 0.15) is 0 Å². The van der Waals surface area contributed by atoms with Crippen LogP contribution in [0.15, 0.2) is 42.5 Å². The van der Waals surface area contributed by atoms with Gasteiger partial charge in [-0.15, -0.1) is 0 Å². The van der Waals surface area contributed by atoms with E-state index in [1.807, 2.05) is 51.1 Å². The molecule has 6 nitrogen and oxygen atoms in total. The van der Waals surface area contributed by atoms with Gasteiger partial charge in [0.15, 0.2) is 0 Å². The summed E-state index contributed by atoms with van der Waals surface area (Å²) in [5, 5.41) is 2.98. The fourth-order valence-corrected chi connectivity index (χ4v) is 3.49. The van der Waals surface area contributed by atoms with Gasteiger partial charge in [0.25, 0.3) is 5.91 Å². The van der Waals surface area contributed by atoms with Crippen molar-refractivity contribution in [2.75, 3.05) is 11.4 Å². The van der Waals surface area contributed by atoms with Gasteiger partial charge in [0, 0.05) is 24.2 Å². The van der Waals surface area contributed by atoms with Crippen LogP contribution in [0.5, 0.6) is 0 Å². The lowest BCUT2D eigenvalue weighted by Crippen LogP contribution is -2.37. The molecule has 1 N–H and O–H groups in total. The van der Waals surface area contributed by atoms with Gasteiger partial charge in [-0.3, -0.25) is 9.59 Å². The summed E-state index contributed by atoms with van der Waals surface area (Å²) < 4.78 is 0. The molecule has 1 aromatic heterocycles. The van der Waals surface area contributed by atoms with Crippen molar-refractivity contribution in [3.8, 4) is 0 Å². The molecule has 1 aliphatic heterocycles. The highest BCUT2D eigenvalue weighted by molar-refractivity contribution is 6.00. The summed E-state index contributed by atoms with van der Waals surface area (Å²) in [6.45, 7) is 6.28. The predicted octanol–water partition coefficient (Wildman–Crippen LogP) is 3.09. The Labute approximate surface area is 163 Å². The lowest BCUT2D eigenvalue weighted by atomic mass is 10.1. The molecule has 3 aromatic rings. The molecule has 2 amide bonds. The Hall–Kier alpha value is -3.28. The highest BCUT2D eigenvalue weighted by atomic mass is 16.2. The zero-order valence-corrected chi connectivity index (χ0v) is 16.2. The van der Waals surface area contributed by atoms with Gasteiger partial charge in [-0.25, -0.2) is 9.97 Å². The molecule has 6 heteroatoms. The van der Waals surface area contributed by atoms with E-state index in [1.54, 1.807) is 17.0 Å². The number of nitrogens with one attached hydrogen (secondary N) is 1. The number of carbonyl (C=O) groups excluding carboxylic acids is 2. The standard InChI is InChI=1S/C22H22N4O2/c1-13-5-4-6-18(9-13)26-12-17(11-21(26)27)25-22(28)16-7-8-19-20(10-16)24-15(3)14(2)23-19/h4-10,17H,11-12H2,1-3H3,(H,25,28). The van der Waals surface area contributed by atoms with Crippen molar-refractivity contribution >= 4 is 28.5 Å². The predicted molar refractivity (Wildman–Crippen MR) is 108 cm³/mol. The molecule has 0 spiro atoms. The van der Waals surface area contributed by atoms with Crippen molar-refractivity contribution in [3.63, 3.8) is 0 Å². The highest BCUT2D eigenvalue weighted by Crippen LogP contribution is 2.23. The van der Waals surface area contributed by atoms with E-state index < -0.39 is 0 Å². The Kier molecular flexibility index (Phi) is 4.55. The average Bonchev–Trinajstić information content (AvgIpc) is 3.02. The first kappa shape index (κ1) is 18.1. The minimum atomic E-state index is -0.220. The first-order chi connectivity index (χ1) is 13.4. The second-order valence-electron chi connectivity index (χ2n) is 7.32. The second kappa shape index (κ2) is 7.03. The van der Waals surface area contributed by atoms with Crippen molar-refractivity contribution < 1.29 is 9.59 Å². The highest BCUT2D eigenvalue weighted by Gasteiger charge is 2.31. The number of amides is 2. The Bertz CT molecular complexity index is 1090. The summed E-state index contributed by atoms with van der Waals surface area (Å²) in [6, 6.07) is 12.9. The number of benzene rings is 2. The van der Waals surface area contributed by atoms with E-state index in [9.17, 15) is 9.59 Å². The maximum Gasteiger partial charge on any atom is 0.251 e. The summed E-state index contributed by atoms with van der Waals surface area (Å²) in [5.41, 5.74) is 5.67. The summed E-state index contributed by atoms with van der Waals surface area (Å²) in [5.74, 6) is -0.183. The number of anilines is 1. The Morgan fingerprint density at radius 1 is 1.04 bits per heavy atom. The van der Waals surface area contributed by atoms with Gasteiger partial charge in [-0.1, -0.05) is 12.1 Å². The van der Waals surface area contributed by atoms with E-state index in [1.165, 1.54) is 0 Å². The van der Waals surface area contributed by atoms with Crippen molar-refractivity contribution in [1.29, 1.82) is 0 Å². The Balaban J connectivity index is 1.50. The van der Waals surface area contributed by atoms with Gasteiger partial charge >= 0.3 is 0 Å². The number of carbonyl (C=O) groups is 2. The van der Waals surface area contributed by atoms with E-state index >= 15 is 0 Å². The Morgan fingerprint density at radius 3 is 2.54 bits per heavy atom. The quantitative estimate of drug-likeness (QED) is 0.764. The third kappa shape index (κ3) is 3.45. The van der Waals surface area contributed by atoms with E-state index in [2.05, 4.69) is 15.3 Å². The normalized spacial score (nSPS) is 16.6. The van der Waals surface area contributed by atoms with Crippen molar-refractivity contribution in [1.82, 2.24) is 15.3 Å². The molecule has 2 aromatic carbocycles. The summed E-state index contributed by atoms with van der Waals surface area (Å²) in [6.07, 6.45) is 0.297. The zero-order valence-electron chi connectivity index (χ0n) is 16.2. The average molecular weight is 374 g/mol. The van der Waals surface area contributed by atoms with Gasteiger partial charge in [0.05, 0.1) is 28.5 Å². The van der Waals surface area contributed by atoms with Crippen LogP contribution < -0.4 is 10.2 Å². The lowest BCUT2D eigenvalue weighted by molar-refractivity contribution is -0.117. The number of aryl methyl sites for hydroxylation is 3. The third-order valence-corrected chi connectivity index (χ3v) is 5.11. The monoisotopic (exact) mass is 374 g/mol. The summed E-state index contributed by atoms with van der Waals surface area (Å²) in [7, 11) is 0. The lowest BCUT2D eigenvalue weighted by Gasteiger charge is -2.18. The fourth-order valence-electron chi connectivity index (χ4n) is 3.49. The Morgan fingerprint density at radius 2 is 1.79 bits per heavy atom. The molecule has 28 heavy (non-hydrogen) atoms. The summed E-state index contributed by atoms with van der Waals surface area (Å²) in [4.78, 5) is 35.9. The molecule has 1 saturated heterocycles. The maximum absolute atomic E-state index is 12.7. The van der Waals surface area contributed by atoms with E-state index in [0.717, 1.165) is 28.2 Å². The number of hydrogen-bond donors (Lipinski definition) is 1. The van der Waals surface area contributed by atoms with Crippen LogP contribution in [0.3, 0.4) is 0 Å². The molecule has 0 aliphatic carbocycles. The molecule has 4 rings (SSSR count). The van der Waals surface area contributed by atoms with Gasteiger partial charge in [-0.05, 0) is 56.7 Å². The molecular weight excluding hydrogens is 352 g/mol. The van der Waals surface area contributed by atoms with E-state index in [4.69, 9.17) is 0 Å². The molecule has 1 fully saturated rings. The molecular formula is C22H22N4O2. The van der Waals surface area contributed by atoms with Crippen molar-refractivity contribution in [3.05, 3.63) is 65.0 Å². The van der Waals surface area contributed by atoms with Crippen LogP contribution in [-0.2, 0) is 4.79 Å². The molecule has 2 heterocycles. The van der Waals surface area contributed by atoms with Crippen LogP contribution >= 0.6 is 0 Å². The van der Waals surface area contributed by atoms with E-state index in [-0.39, 0.29) is 17.9 Å². The molecule has 0 radical (unpaired) electrons. The number of rotatable bonds is 3. The minimum Gasteiger partial charge on any atom is -0.347 e. The zero-order chi connectivity index (χ0) is 19.8. The first-order valence-corrected chi connectivity index (χ1v) is 9.33.